The van der Waals surface area contributed by atoms with E-state index >= 15 is 0 Å². The highest BCUT2D eigenvalue weighted by atomic mass is 35.5. The third-order valence-electron chi connectivity index (χ3n) is 4.90. The van der Waals surface area contributed by atoms with Crippen molar-refractivity contribution < 1.29 is 19.1 Å². The average Bonchev–Trinajstić information content (AvgIpc) is 3.20. The number of methoxy groups -OCH3 is 1. The highest BCUT2D eigenvalue weighted by Crippen LogP contribution is 2.28. The van der Waals surface area contributed by atoms with Crippen LogP contribution in [0, 0.1) is 0 Å². The van der Waals surface area contributed by atoms with Crippen LogP contribution < -0.4 is 10.1 Å². The first-order chi connectivity index (χ1) is 13.9. The normalized spacial score (nSPS) is 15.9. The largest absolute Gasteiger partial charge is 0.496 e. The molecule has 2 rings (SSSR count). The van der Waals surface area contributed by atoms with Gasteiger partial charge in [0.05, 0.1) is 19.2 Å². The third kappa shape index (κ3) is 5.85. The first-order valence-electron chi connectivity index (χ1n) is 10.1. The number of hydrogen-bond donors (Lipinski definition) is 1. The molecule has 1 fully saturated rings. The van der Waals surface area contributed by atoms with Crippen molar-refractivity contribution in [2.75, 3.05) is 33.3 Å². The molecule has 1 aliphatic rings. The summed E-state index contributed by atoms with van der Waals surface area (Å²) in [6, 6.07) is 4.27. The van der Waals surface area contributed by atoms with Gasteiger partial charge in [-0.2, -0.15) is 0 Å². The number of benzene rings is 1. The van der Waals surface area contributed by atoms with Crippen molar-refractivity contribution in [2.45, 2.75) is 45.6 Å². The van der Waals surface area contributed by atoms with E-state index in [1.54, 1.807) is 28.0 Å². The summed E-state index contributed by atoms with van der Waals surface area (Å²) >= 11 is 6.07. The summed E-state index contributed by atoms with van der Waals surface area (Å²) in [5.74, 6) is -0.236. The van der Waals surface area contributed by atoms with Gasteiger partial charge in [0.1, 0.15) is 11.8 Å². The van der Waals surface area contributed by atoms with Crippen molar-refractivity contribution in [2.24, 2.45) is 0 Å². The first kappa shape index (κ1) is 23.0. The molecule has 1 heterocycles. The topological polar surface area (TPSA) is 79.0 Å². The summed E-state index contributed by atoms with van der Waals surface area (Å²) in [6.07, 6.45) is 2.87. The van der Waals surface area contributed by atoms with Gasteiger partial charge in [-0.05, 0) is 43.9 Å². The molecule has 1 aliphatic heterocycles. The Morgan fingerprint density at radius 1 is 1.28 bits per heavy atom. The number of likely N-dealkylation sites (tertiary alicyclic amines) is 1. The second kappa shape index (κ2) is 11.0. The number of carbonyl (C=O) groups is 3. The molecular formula is C21H30ClN3O4. The van der Waals surface area contributed by atoms with E-state index in [1.807, 2.05) is 13.8 Å². The molecule has 0 radical (unpaired) electrons. The molecule has 1 N–H and O–H groups in total. The summed E-state index contributed by atoms with van der Waals surface area (Å²) < 4.78 is 5.30. The van der Waals surface area contributed by atoms with Gasteiger partial charge in [0.25, 0.3) is 5.91 Å². The molecule has 0 saturated carbocycles. The first-order valence-corrected chi connectivity index (χ1v) is 10.5. The SMILES string of the molecule is CCCNC(=O)CN(CCC)C(=O)C1CCCN1C(=O)c1cc(Cl)ccc1OC. The Morgan fingerprint density at radius 2 is 2.03 bits per heavy atom. The zero-order chi connectivity index (χ0) is 21.4. The van der Waals surface area contributed by atoms with Crippen LogP contribution in [-0.4, -0.2) is 66.9 Å². The molecule has 0 aromatic heterocycles. The lowest BCUT2D eigenvalue weighted by atomic mass is 10.1. The fourth-order valence-electron chi connectivity index (χ4n) is 3.51. The summed E-state index contributed by atoms with van der Waals surface area (Å²) in [4.78, 5) is 41.7. The second-order valence-electron chi connectivity index (χ2n) is 7.11. The predicted octanol–water partition coefficient (Wildman–Crippen LogP) is 2.72. The highest BCUT2D eigenvalue weighted by Gasteiger charge is 2.38. The maximum absolute atomic E-state index is 13.2. The number of halogens is 1. The van der Waals surface area contributed by atoms with Crippen LogP contribution in [0.5, 0.6) is 5.75 Å². The molecule has 3 amide bonds. The Kier molecular flexibility index (Phi) is 8.76. The van der Waals surface area contributed by atoms with Gasteiger partial charge in [-0.3, -0.25) is 14.4 Å². The van der Waals surface area contributed by atoms with Crippen LogP contribution in [0.3, 0.4) is 0 Å². The Hall–Kier alpha value is -2.28. The van der Waals surface area contributed by atoms with Crippen molar-refractivity contribution in [1.29, 1.82) is 0 Å². The van der Waals surface area contributed by atoms with Crippen LogP contribution in [0.15, 0.2) is 18.2 Å². The van der Waals surface area contributed by atoms with Gasteiger partial charge < -0.3 is 19.9 Å². The van der Waals surface area contributed by atoms with Gasteiger partial charge >= 0.3 is 0 Å². The Morgan fingerprint density at radius 3 is 2.69 bits per heavy atom. The smallest absolute Gasteiger partial charge is 0.258 e. The third-order valence-corrected chi connectivity index (χ3v) is 5.14. The quantitative estimate of drug-likeness (QED) is 0.662. The van der Waals surface area contributed by atoms with E-state index in [1.165, 1.54) is 7.11 Å². The molecule has 0 spiro atoms. The Labute approximate surface area is 177 Å². The molecule has 29 heavy (non-hydrogen) atoms. The predicted molar refractivity (Wildman–Crippen MR) is 112 cm³/mol. The zero-order valence-corrected chi connectivity index (χ0v) is 18.1. The lowest BCUT2D eigenvalue weighted by Gasteiger charge is -2.30. The zero-order valence-electron chi connectivity index (χ0n) is 17.4. The molecule has 160 valence electrons. The fourth-order valence-corrected chi connectivity index (χ4v) is 3.68. The molecule has 7 nitrogen and oxygen atoms in total. The minimum absolute atomic E-state index is 0.00564. The van der Waals surface area contributed by atoms with E-state index in [0.29, 0.717) is 42.4 Å². The lowest BCUT2D eigenvalue weighted by Crippen LogP contribution is -2.50. The fraction of sp³-hybridized carbons (Fsp3) is 0.571. The molecular weight excluding hydrogens is 394 g/mol. The van der Waals surface area contributed by atoms with Crippen LogP contribution in [0.4, 0.5) is 0 Å². The number of ether oxygens (including phenoxy) is 1. The van der Waals surface area contributed by atoms with Gasteiger partial charge in [0.15, 0.2) is 0 Å². The van der Waals surface area contributed by atoms with Crippen LogP contribution in [0.25, 0.3) is 0 Å². The molecule has 1 atom stereocenters. The van der Waals surface area contributed by atoms with Crippen LogP contribution in [0.2, 0.25) is 5.02 Å². The van der Waals surface area contributed by atoms with Crippen molar-refractivity contribution in [1.82, 2.24) is 15.1 Å². The van der Waals surface area contributed by atoms with Gasteiger partial charge in [0.2, 0.25) is 11.8 Å². The minimum Gasteiger partial charge on any atom is -0.496 e. The number of amides is 3. The van der Waals surface area contributed by atoms with Gasteiger partial charge in [-0.15, -0.1) is 0 Å². The highest BCUT2D eigenvalue weighted by molar-refractivity contribution is 6.31. The van der Waals surface area contributed by atoms with E-state index in [2.05, 4.69) is 5.32 Å². The summed E-state index contributed by atoms with van der Waals surface area (Å²) in [7, 11) is 1.49. The van der Waals surface area contributed by atoms with Gasteiger partial charge in [-0.1, -0.05) is 25.4 Å². The molecule has 1 aromatic rings. The van der Waals surface area contributed by atoms with E-state index in [-0.39, 0.29) is 24.3 Å². The molecule has 1 saturated heterocycles. The van der Waals surface area contributed by atoms with Gasteiger partial charge in [-0.25, -0.2) is 0 Å². The number of rotatable bonds is 9. The van der Waals surface area contributed by atoms with E-state index < -0.39 is 6.04 Å². The van der Waals surface area contributed by atoms with E-state index in [0.717, 1.165) is 19.3 Å². The summed E-state index contributed by atoms with van der Waals surface area (Å²) in [5, 5.41) is 3.23. The Balaban J connectivity index is 2.19. The summed E-state index contributed by atoms with van der Waals surface area (Å²) in [5.41, 5.74) is 0.336. The van der Waals surface area contributed by atoms with Crippen molar-refractivity contribution >= 4 is 29.3 Å². The van der Waals surface area contributed by atoms with Crippen LogP contribution in [0.1, 0.15) is 49.9 Å². The minimum atomic E-state index is -0.586. The maximum atomic E-state index is 13.2. The van der Waals surface area contributed by atoms with Crippen molar-refractivity contribution in [3.8, 4) is 5.75 Å². The molecule has 1 aromatic carbocycles. The second-order valence-corrected chi connectivity index (χ2v) is 7.55. The molecule has 0 bridgehead atoms. The van der Waals surface area contributed by atoms with Crippen LogP contribution in [-0.2, 0) is 9.59 Å². The average molecular weight is 424 g/mol. The molecule has 1 unspecified atom stereocenters. The number of carbonyl (C=O) groups excluding carboxylic acids is 3. The Bertz CT molecular complexity index is 741. The van der Waals surface area contributed by atoms with Crippen LogP contribution >= 0.6 is 11.6 Å². The standard InChI is InChI=1S/C21H30ClN3O4/c1-4-10-23-19(26)14-24(11-5-2)21(28)17-7-6-12-25(17)20(27)16-13-15(22)8-9-18(16)29-3/h8-9,13,17H,4-7,10-12,14H2,1-3H3,(H,23,26). The van der Waals surface area contributed by atoms with Crippen molar-refractivity contribution in [3.63, 3.8) is 0 Å². The van der Waals surface area contributed by atoms with E-state index in [4.69, 9.17) is 16.3 Å². The lowest BCUT2D eigenvalue weighted by molar-refractivity contribution is -0.139. The monoisotopic (exact) mass is 423 g/mol. The summed E-state index contributed by atoms with van der Waals surface area (Å²) in [6.45, 7) is 5.46. The molecule has 8 heteroatoms. The number of nitrogens with one attached hydrogen (secondary N) is 1. The van der Waals surface area contributed by atoms with E-state index in [9.17, 15) is 14.4 Å². The van der Waals surface area contributed by atoms with Crippen molar-refractivity contribution in [3.05, 3.63) is 28.8 Å². The maximum Gasteiger partial charge on any atom is 0.258 e. The van der Waals surface area contributed by atoms with Gasteiger partial charge in [0, 0.05) is 24.7 Å². The number of nitrogens with zero attached hydrogens (tertiary/aromatic N) is 2. The number of hydrogen-bond acceptors (Lipinski definition) is 4. The molecule has 0 aliphatic carbocycles.